The minimum absolute atomic E-state index is 0.0731. The summed E-state index contributed by atoms with van der Waals surface area (Å²) in [5.74, 6) is 0.692. The number of carbonyl (C=O) groups excluding carboxylic acids is 1. The second-order valence-corrected chi connectivity index (χ2v) is 7.51. The van der Waals surface area contributed by atoms with Crippen LogP contribution in [0.4, 0.5) is 11.5 Å². The van der Waals surface area contributed by atoms with Gasteiger partial charge in [0.05, 0.1) is 11.9 Å². The van der Waals surface area contributed by atoms with Gasteiger partial charge < -0.3 is 10.6 Å². The van der Waals surface area contributed by atoms with E-state index in [0.717, 1.165) is 45.7 Å². The minimum Gasteiger partial charge on any atom is -0.360 e. The van der Waals surface area contributed by atoms with Crippen molar-refractivity contribution in [2.24, 2.45) is 0 Å². The van der Waals surface area contributed by atoms with Crippen LogP contribution in [0.1, 0.15) is 28.0 Å². The summed E-state index contributed by atoms with van der Waals surface area (Å²) in [6.45, 7) is 4.18. The fraction of sp³-hybridized carbons (Fsp3) is 0.316. The van der Waals surface area contributed by atoms with Gasteiger partial charge in [0.2, 0.25) is 5.91 Å². The van der Waals surface area contributed by atoms with Gasteiger partial charge in [0.15, 0.2) is 0 Å². The Bertz CT molecular complexity index is 943. The summed E-state index contributed by atoms with van der Waals surface area (Å²) in [4.78, 5) is 23.6. The largest absolute Gasteiger partial charge is 0.360 e. The van der Waals surface area contributed by atoms with Gasteiger partial charge in [-0.1, -0.05) is 18.2 Å². The maximum absolute atomic E-state index is 12.4. The number of amides is 1. The van der Waals surface area contributed by atoms with E-state index in [1.54, 1.807) is 17.7 Å². The van der Waals surface area contributed by atoms with E-state index >= 15 is 0 Å². The van der Waals surface area contributed by atoms with Gasteiger partial charge >= 0.3 is 0 Å². The van der Waals surface area contributed by atoms with E-state index in [0.29, 0.717) is 0 Å². The van der Waals surface area contributed by atoms with E-state index in [9.17, 15) is 4.79 Å². The molecule has 0 radical (unpaired) electrons. The Labute approximate surface area is 150 Å². The SMILES string of the molecule is Cc1cccc(C)c1NC(=O)CNc1ncnc2sc3c(c12)CCC3. The number of rotatable bonds is 4. The molecule has 4 rings (SSSR count). The number of carbonyl (C=O) groups is 1. The Kier molecular flexibility index (Phi) is 4.13. The molecule has 0 unspecified atom stereocenters. The van der Waals surface area contributed by atoms with Crippen LogP contribution in [0.25, 0.3) is 10.2 Å². The van der Waals surface area contributed by atoms with E-state index < -0.39 is 0 Å². The molecular weight excluding hydrogens is 332 g/mol. The van der Waals surface area contributed by atoms with Crippen LogP contribution in [0.2, 0.25) is 0 Å². The van der Waals surface area contributed by atoms with Crippen LogP contribution >= 0.6 is 11.3 Å². The van der Waals surface area contributed by atoms with Crippen LogP contribution in [0.5, 0.6) is 0 Å². The van der Waals surface area contributed by atoms with E-state index in [1.165, 1.54) is 16.9 Å². The lowest BCUT2D eigenvalue weighted by molar-refractivity contribution is -0.114. The second kappa shape index (κ2) is 6.44. The number of aromatic nitrogens is 2. The van der Waals surface area contributed by atoms with Crippen molar-refractivity contribution in [1.82, 2.24) is 9.97 Å². The molecule has 128 valence electrons. The number of fused-ring (bicyclic) bond motifs is 3. The molecule has 5 nitrogen and oxygen atoms in total. The number of para-hydroxylation sites is 1. The average Bonchev–Trinajstić information content (AvgIpc) is 3.17. The van der Waals surface area contributed by atoms with Gasteiger partial charge in [0.25, 0.3) is 0 Å². The van der Waals surface area contributed by atoms with Crippen LogP contribution in [0.15, 0.2) is 24.5 Å². The maximum Gasteiger partial charge on any atom is 0.243 e. The molecule has 0 fully saturated rings. The molecule has 2 aromatic heterocycles. The lowest BCUT2D eigenvalue weighted by Crippen LogP contribution is -2.23. The molecule has 0 saturated heterocycles. The molecule has 1 amide bonds. The van der Waals surface area contributed by atoms with Crippen molar-refractivity contribution in [3.63, 3.8) is 0 Å². The number of nitrogens with one attached hydrogen (secondary N) is 2. The smallest absolute Gasteiger partial charge is 0.243 e. The number of nitrogens with zero attached hydrogens (tertiary/aromatic N) is 2. The summed E-state index contributed by atoms with van der Waals surface area (Å²) in [5.41, 5.74) is 4.37. The Morgan fingerprint density at radius 2 is 2.00 bits per heavy atom. The van der Waals surface area contributed by atoms with Crippen LogP contribution < -0.4 is 10.6 Å². The molecule has 0 saturated carbocycles. The van der Waals surface area contributed by atoms with E-state index in [4.69, 9.17) is 0 Å². The Hall–Kier alpha value is -2.47. The standard InChI is InChI=1S/C19H20N4OS/c1-11-5-3-6-12(2)17(11)23-15(24)9-20-18-16-13-7-4-8-14(13)25-19(16)22-10-21-18/h3,5-6,10H,4,7-9H2,1-2H3,(H,23,24)(H,20,21,22). The zero-order valence-corrected chi connectivity index (χ0v) is 15.2. The topological polar surface area (TPSA) is 66.9 Å². The van der Waals surface area contributed by atoms with E-state index in [-0.39, 0.29) is 12.5 Å². The molecule has 6 heteroatoms. The summed E-state index contributed by atoms with van der Waals surface area (Å²) in [6, 6.07) is 5.99. The van der Waals surface area contributed by atoms with Gasteiger partial charge in [0.1, 0.15) is 17.0 Å². The molecule has 1 aromatic carbocycles. The van der Waals surface area contributed by atoms with Crippen molar-refractivity contribution in [3.05, 3.63) is 46.1 Å². The molecule has 2 heterocycles. The second-order valence-electron chi connectivity index (χ2n) is 6.43. The molecule has 1 aliphatic rings. The fourth-order valence-corrected chi connectivity index (χ4v) is 4.65. The highest BCUT2D eigenvalue weighted by atomic mass is 32.1. The molecular formula is C19H20N4OS. The van der Waals surface area contributed by atoms with Gasteiger partial charge in [-0.3, -0.25) is 4.79 Å². The summed E-state index contributed by atoms with van der Waals surface area (Å²) in [5, 5.41) is 7.30. The van der Waals surface area contributed by atoms with Crippen LogP contribution in [0, 0.1) is 13.8 Å². The average molecular weight is 352 g/mol. The highest BCUT2D eigenvalue weighted by Gasteiger charge is 2.21. The Balaban J connectivity index is 1.52. The molecule has 1 aliphatic carbocycles. The molecule has 3 aromatic rings. The number of benzene rings is 1. The number of hydrogen-bond acceptors (Lipinski definition) is 5. The van der Waals surface area contributed by atoms with Crippen molar-refractivity contribution in [2.45, 2.75) is 33.1 Å². The first kappa shape index (κ1) is 16.0. The van der Waals surface area contributed by atoms with Crippen LogP contribution in [-0.2, 0) is 17.6 Å². The monoisotopic (exact) mass is 352 g/mol. The van der Waals surface area contributed by atoms with Gasteiger partial charge in [-0.2, -0.15) is 0 Å². The first-order valence-corrected chi connectivity index (χ1v) is 9.30. The van der Waals surface area contributed by atoms with Crippen LogP contribution in [-0.4, -0.2) is 22.4 Å². The molecule has 0 spiro atoms. The third-order valence-corrected chi connectivity index (χ3v) is 5.86. The molecule has 25 heavy (non-hydrogen) atoms. The Morgan fingerprint density at radius 1 is 1.20 bits per heavy atom. The Morgan fingerprint density at radius 3 is 2.80 bits per heavy atom. The number of anilines is 2. The van der Waals surface area contributed by atoms with Gasteiger partial charge in [-0.05, 0) is 49.8 Å². The quantitative estimate of drug-likeness (QED) is 0.748. The fourth-order valence-electron chi connectivity index (χ4n) is 3.42. The normalized spacial score (nSPS) is 13.0. The molecule has 0 bridgehead atoms. The minimum atomic E-state index is -0.0731. The summed E-state index contributed by atoms with van der Waals surface area (Å²) >= 11 is 1.75. The van der Waals surface area contributed by atoms with Crippen molar-refractivity contribution in [2.75, 3.05) is 17.2 Å². The number of hydrogen-bond donors (Lipinski definition) is 2. The molecule has 0 aliphatic heterocycles. The van der Waals surface area contributed by atoms with Gasteiger partial charge in [-0.25, -0.2) is 9.97 Å². The first-order chi connectivity index (χ1) is 12.1. The zero-order valence-electron chi connectivity index (χ0n) is 14.3. The van der Waals surface area contributed by atoms with Gasteiger partial charge in [-0.15, -0.1) is 11.3 Å². The van der Waals surface area contributed by atoms with Crippen molar-refractivity contribution >= 4 is 39.0 Å². The lowest BCUT2D eigenvalue weighted by Gasteiger charge is -2.12. The lowest BCUT2D eigenvalue weighted by atomic mass is 10.1. The van der Waals surface area contributed by atoms with Crippen molar-refractivity contribution < 1.29 is 4.79 Å². The third kappa shape index (κ3) is 2.98. The summed E-state index contributed by atoms with van der Waals surface area (Å²) in [7, 11) is 0. The van der Waals surface area contributed by atoms with Crippen molar-refractivity contribution in [3.8, 4) is 0 Å². The highest BCUT2D eigenvalue weighted by Crippen LogP contribution is 2.38. The van der Waals surface area contributed by atoms with E-state index in [1.807, 2.05) is 32.0 Å². The maximum atomic E-state index is 12.4. The zero-order chi connectivity index (χ0) is 17.4. The van der Waals surface area contributed by atoms with E-state index in [2.05, 4.69) is 20.6 Å². The first-order valence-electron chi connectivity index (χ1n) is 8.48. The number of aryl methyl sites for hydroxylation is 4. The van der Waals surface area contributed by atoms with Gasteiger partial charge in [0, 0.05) is 10.6 Å². The summed E-state index contributed by atoms with van der Waals surface area (Å²) in [6.07, 6.45) is 4.97. The number of thiophene rings is 1. The molecule has 0 atom stereocenters. The summed E-state index contributed by atoms with van der Waals surface area (Å²) < 4.78 is 0. The third-order valence-electron chi connectivity index (χ3n) is 4.66. The predicted octanol–water partition coefficient (Wildman–Crippen LogP) is 3.85. The molecule has 2 N–H and O–H groups in total. The van der Waals surface area contributed by atoms with Crippen LogP contribution in [0.3, 0.4) is 0 Å². The highest BCUT2D eigenvalue weighted by molar-refractivity contribution is 7.19. The van der Waals surface area contributed by atoms with Crippen molar-refractivity contribution in [1.29, 1.82) is 0 Å². The predicted molar refractivity (Wildman–Crippen MR) is 102 cm³/mol.